The van der Waals surface area contributed by atoms with E-state index in [-0.39, 0.29) is 0 Å². The second kappa shape index (κ2) is 12.5. The fraction of sp³-hybridized carbons (Fsp3) is 0.545. The molecule has 0 aliphatic carbocycles. The van der Waals surface area contributed by atoms with Crippen LogP contribution in [0.3, 0.4) is 0 Å². The largest absolute Gasteiger partial charge is 0.494 e. The summed E-state index contributed by atoms with van der Waals surface area (Å²) in [7, 11) is 0. The van der Waals surface area contributed by atoms with Gasteiger partial charge in [0.15, 0.2) is 0 Å². The van der Waals surface area contributed by atoms with Crippen molar-refractivity contribution in [3.8, 4) is 11.5 Å². The summed E-state index contributed by atoms with van der Waals surface area (Å²) >= 11 is 10.0. The van der Waals surface area contributed by atoms with Gasteiger partial charge < -0.3 is 9.47 Å². The number of unbranched alkanes of at least 4 members (excludes halogenated alkanes) is 6. The zero-order chi connectivity index (χ0) is 18.6. The summed E-state index contributed by atoms with van der Waals surface area (Å²) in [6.45, 7) is 3.71. The van der Waals surface area contributed by atoms with Crippen LogP contribution in [-0.4, -0.2) is 18.5 Å². The Morgan fingerprint density at radius 1 is 0.846 bits per heavy atom. The van der Waals surface area contributed by atoms with Gasteiger partial charge in [-0.25, -0.2) is 0 Å². The predicted molar refractivity (Wildman–Crippen MR) is 116 cm³/mol. The first-order valence-electron chi connectivity index (χ1n) is 9.80. The SMILES string of the molecule is CCCCCCOc1ccc2c(Cl)c(OCCCCCCBr)ccc2c1. The van der Waals surface area contributed by atoms with Crippen LogP contribution < -0.4 is 9.47 Å². The standard InChI is InChI=1S/C22H30BrClO2/c1-2-3-4-8-15-25-19-11-12-20-18(17-19)10-13-21(22(20)24)26-16-9-6-5-7-14-23/h10-13,17H,2-9,14-16H2,1H3. The maximum atomic E-state index is 6.55. The third-order valence-corrected chi connectivity index (χ3v) is 5.39. The molecule has 4 heteroatoms. The van der Waals surface area contributed by atoms with Gasteiger partial charge in [0.05, 0.1) is 18.2 Å². The minimum Gasteiger partial charge on any atom is -0.494 e. The van der Waals surface area contributed by atoms with Crippen LogP contribution in [0.5, 0.6) is 11.5 Å². The van der Waals surface area contributed by atoms with Crippen molar-refractivity contribution in [1.82, 2.24) is 0 Å². The molecule has 0 aliphatic heterocycles. The Labute approximate surface area is 171 Å². The molecule has 0 heterocycles. The summed E-state index contributed by atoms with van der Waals surface area (Å²) < 4.78 is 11.7. The van der Waals surface area contributed by atoms with Gasteiger partial charge >= 0.3 is 0 Å². The molecular weight excluding hydrogens is 412 g/mol. The molecule has 2 nitrogen and oxygen atoms in total. The number of rotatable bonds is 13. The summed E-state index contributed by atoms with van der Waals surface area (Å²) in [4.78, 5) is 0. The highest BCUT2D eigenvalue weighted by atomic mass is 79.9. The molecule has 0 unspecified atom stereocenters. The van der Waals surface area contributed by atoms with Gasteiger partial charge in [0.25, 0.3) is 0 Å². The lowest BCUT2D eigenvalue weighted by molar-refractivity contribution is 0.304. The zero-order valence-corrected chi connectivity index (χ0v) is 18.1. The molecule has 0 N–H and O–H groups in total. The highest BCUT2D eigenvalue weighted by Gasteiger charge is 2.08. The van der Waals surface area contributed by atoms with Crippen molar-refractivity contribution < 1.29 is 9.47 Å². The Morgan fingerprint density at radius 3 is 2.35 bits per heavy atom. The maximum Gasteiger partial charge on any atom is 0.138 e. The van der Waals surface area contributed by atoms with E-state index in [0.29, 0.717) is 11.6 Å². The molecular formula is C22H30BrClO2. The molecule has 2 rings (SSSR count). The Hall–Kier alpha value is -0.930. The Morgan fingerprint density at radius 2 is 1.58 bits per heavy atom. The normalized spacial score (nSPS) is 11.0. The van der Waals surface area contributed by atoms with Crippen LogP contribution in [0.15, 0.2) is 30.3 Å². The third-order valence-electron chi connectivity index (χ3n) is 4.44. The van der Waals surface area contributed by atoms with Crippen LogP contribution in [0, 0.1) is 0 Å². The summed E-state index contributed by atoms with van der Waals surface area (Å²) in [5.41, 5.74) is 0. The monoisotopic (exact) mass is 440 g/mol. The Bertz CT molecular complexity index is 660. The van der Waals surface area contributed by atoms with Gasteiger partial charge in [-0.15, -0.1) is 0 Å². The van der Waals surface area contributed by atoms with Gasteiger partial charge in [-0.3, -0.25) is 0 Å². The molecule has 0 spiro atoms. The van der Waals surface area contributed by atoms with Crippen molar-refractivity contribution in [1.29, 1.82) is 0 Å². The number of fused-ring (bicyclic) bond motifs is 1. The minimum absolute atomic E-state index is 0.692. The number of halogens is 2. The van der Waals surface area contributed by atoms with Crippen molar-refractivity contribution >= 4 is 38.3 Å². The smallest absolute Gasteiger partial charge is 0.138 e. The quantitative estimate of drug-likeness (QED) is 0.233. The van der Waals surface area contributed by atoms with Gasteiger partial charge in [-0.2, -0.15) is 0 Å². The van der Waals surface area contributed by atoms with E-state index in [1.807, 2.05) is 18.2 Å². The molecule has 0 amide bonds. The molecule has 2 aromatic rings. The topological polar surface area (TPSA) is 18.5 Å². The average molecular weight is 442 g/mol. The Kier molecular flexibility index (Phi) is 10.2. The second-order valence-electron chi connectivity index (χ2n) is 6.62. The van der Waals surface area contributed by atoms with Gasteiger partial charge in [0, 0.05) is 10.7 Å². The Balaban J connectivity index is 1.88. The number of ether oxygens (including phenoxy) is 2. The highest BCUT2D eigenvalue weighted by molar-refractivity contribution is 9.09. The molecule has 0 radical (unpaired) electrons. The molecule has 26 heavy (non-hydrogen) atoms. The predicted octanol–water partition coefficient (Wildman–Crippen LogP) is 7.79. The van der Waals surface area contributed by atoms with Crippen molar-refractivity contribution in [2.45, 2.75) is 58.3 Å². The van der Waals surface area contributed by atoms with Crippen molar-refractivity contribution in [3.63, 3.8) is 0 Å². The molecule has 144 valence electrons. The van der Waals surface area contributed by atoms with Gasteiger partial charge in [-0.05, 0) is 48.9 Å². The molecule has 0 saturated heterocycles. The summed E-state index contributed by atoms with van der Waals surface area (Å²) in [5.74, 6) is 1.68. The van der Waals surface area contributed by atoms with Crippen LogP contribution in [0.1, 0.15) is 58.3 Å². The van der Waals surface area contributed by atoms with Gasteiger partial charge in [-0.1, -0.05) is 72.6 Å². The first-order chi connectivity index (χ1) is 12.8. The van der Waals surface area contributed by atoms with E-state index in [1.54, 1.807) is 0 Å². The van der Waals surface area contributed by atoms with Crippen molar-refractivity contribution in [3.05, 3.63) is 35.4 Å². The summed E-state index contributed by atoms with van der Waals surface area (Å²) in [5, 5.41) is 3.87. The summed E-state index contributed by atoms with van der Waals surface area (Å²) in [6, 6.07) is 10.1. The average Bonchev–Trinajstić information content (AvgIpc) is 2.66. The van der Waals surface area contributed by atoms with E-state index in [0.717, 1.165) is 47.1 Å². The van der Waals surface area contributed by atoms with E-state index in [4.69, 9.17) is 21.1 Å². The van der Waals surface area contributed by atoms with Crippen LogP contribution in [0.2, 0.25) is 5.02 Å². The molecule has 0 saturated carbocycles. The molecule has 0 bridgehead atoms. The van der Waals surface area contributed by atoms with E-state index >= 15 is 0 Å². The first-order valence-corrected chi connectivity index (χ1v) is 11.3. The fourth-order valence-corrected chi connectivity index (χ4v) is 3.59. The minimum atomic E-state index is 0.692. The van der Waals surface area contributed by atoms with Crippen LogP contribution in [0.4, 0.5) is 0 Å². The van der Waals surface area contributed by atoms with Crippen LogP contribution >= 0.6 is 27.5 Å². The lowest BCUT2D eigenvalue weighted by Gasteiger charge is -2.12. The lowest BCUT2D eigenvalue weighted by atomic mass is 10.1. The number of alkyl halides is 1. The lowest BCUT2D eigenvalue weighted by Crippen LogP contribution is -1.99. The van der Waals surface area contributed by atoms with Crippen LogP contribution in [0.25, 0.3) is 10.8 Å². The molecule has 0 aromatic heterocycles. The van der Waals surface area contributed by atoms with Crippen LogP contribution in [-0.2, 0) is 0 Å². The maximum absolute atomic E-state index is 6.55. The molecule has 0 aliphatic rings. The highest BCUT2D eigenvalue weighted by Crippen LogP contribution is 2.34. The van der Waals surface area contributed by atoms with E-state index < -0.39 is 0 Å². The molecule has 0 atom stereocenters. The number of hydrogen-bond donors (Lipinski definition) is 0. The number of hydrogen-bond acceptors (Lipinski definition) is 2. The zero-order valence-electron chi connectivity index (χ0n) is 15.7. The summed E-state index contributed by atoms with van der Waals surface area (Å²) in [6.07, 6.45) is 9.57. The van der Waals surface area contributed by atoms with Crippen molar-refractivity contribution in [2.24, 2.45) is 0 Å². The van der Waals surface area contributed by atoms with E-state index in [9.17, 15) is 0 Å². The molecule has 0 fully saturated rings. The van der Waals surface area contributed by atoms with E-state index in [2.05, 4.69) is 35.0 Å². The number of benzene rings is 2. The molecule has 2 aromatic carbocycles. The first kappa shape index (κ1) is 21.4. The second-order valence-corrected chi connectivity index (χ2v) is 7.79. The van der Waals surface area contributed by atoms with Gasteiger partial charge in [0.2, 0.25) is 0 Å². The third kappa shape index (κ3) is 7.00. The van der Waals surface area contributed by atoms with Gasteiger partial charge in [0.1, 0.15) is 11.5 Å². The fourth-order valence-electron chi connectivity index (χ4n) is 2.90. The van der Waals surface area contributed by atoms with Crippen molar-refractivity contribution in [2.75, 3.05) is 18.5 Å². The van der Waals surface area contributed by atoms with E-state index in [1.165, 1.54) is 38.5 Å².